The van der Waals surface area contributed by atoms with E-state index in [0.29, 0.717) is 43.3 Å². The second-order valence-electron chi connectivity index (χ2n) is 12.1. The highest BCUT2D eigenvalue weighted by Gasteiger charge is 2.30. The molecular weight excluding hydrogens is 570 g/mol. The Morgan fingerprint density at radius 2 is 1.93 bits per heavy atom. The molecule has 0 radical (unpaired) electrons. The molecule has 1 aromatic heterocycles. The first-order valence-corrected chi connectivity index (χ1v) is 18.7. The first-order chi connectivity index (χ1) is 20.2. The van der Waals surface area contributed by atoms with Crippen molar-refractivity contribution in [1.29, 1.82) is 0 Å². The van der Waals surface area contributed by atoms with E-state index < -0.39 is 14.0 Å². The van der Waals surface area contributed by atoms with Gasteiger partial charge in [0, 0.05) is 31.3 Å². The summed E-state index contributed by atoms with van der Waals surface area (Å²) in [6.07, 6.45) is 4.57. The van der Waals surface area contributed by atoms with Crippen molar-refractivity contribution in [1.82, 2.24) is 14.5 Å². The van der Waals surface area contributed by atoms with Gasteiger partial charge in [-0.25, -0.2) is 9.78 Å². The Balaban J connectivity index is 1.21. The van der Waals surface area contributed by atoms with Crippen molar-refractivity contribution in [3.05, 3.63) is 83.3 Å². The summed E-state index contributed by atoms with van der Waals surface area (Å²) in [6.45, 7) is 14.4. The van der Waals surface area contributed by atoms with E-state index in [1.54, 1.807) is 6.20 Å². The van der Waals surface area contributed by atoms with Gasteiger partial charge >= 0.3 is 5.97 Å². The topological polar surface area (TPSA) is 75.0 Å². The van der Waals surface area contributed by atoms with Crippen LogP contribution >= 0.6 is 11.6 Å². The first kappa shape index (κ1) is 30.3. The van der Waals surface area contributed by atoms with Crippen LogP contribution in [-0.2, 0) is 22.8 Å². The molecule has 5 rings (SSSR count). The molecule has 8 nitrogen and oxygen atoms in total. The van der Waals surface area contributed by atoms with Crippen LogP contribution in [0.25, 0.3) is 0 Å². The van der Waals surface area contributed by atoms with Crippen molar-refractivity contribution in [2.75, 3.05) is 26.3 Å². The number of benzene rings is 2. The largest absolute Gasteiger partial charge is 0.485 e. The van der Waals surface area contributed by atoms with E-state index in [2.05, 4.69) is 48.2 Å². The second-order valence-corrected chi connectivity index (χ2v) is 18.2. The summed E-state index contributed by atoms with van der Waals surface area (Å²) < 4.78 is 26.0. The lowest BCUT2D eigenvalue weighted by atomic mass is 9.88. The molecule has 1 fully saturated rings. The van der Waals surface area contributed by atoms with Crippen LogP contribution in [0.1, 0.15) is 41.8 Å². The molecule has 3 aromatic rings. The molecule has 1 saturated heterocycles. The number of imidazole rings is 1. The Hall–Kier alpha value is -3.11. The predicted octanol–water partition coefficient (Wildman–Crippen LogP) is 6.83. The molecule has 0 amide bonds. The molecule has 3 heterocycles. The number of halogens is 1. The molecule has 2 aromatic carbocycles. The van der Waals surface area contributed by atoms with Gasteiger partial charge in [-0.15, -0.1) is 0 Å². The van der Waals surface area contributed by atoms with Gasteiger partial charge < -0.3 is 18.9 Å². The summed E-state index contributed by atoms with van der Waals surface area (Å²) in [6, 6.07) is 15.0. The van der Waals surface area contributed by atoms with Gasteiger partial charge in [-0.1, -0.05) is 62.1 Å². The quantitative estimate of drug-likeness (QED) is 0.102. The number of hydrogen-bond acceptors (Lipinski definition) is 7. The average Bonchev–Trinajstić information content (AvgIpc) is 3.35. The normalized spacial score (nSPS) is 17.7. The standard InChI is InChI=1S/C32H40ClN3O5Si/c1-5-31(37)41-30-19-34-29(36(30)22-38-17-18-42(2,3)4)20-35-15-13-23(14-16-35)26-7-6-8-27-32(26)39-21-28(40-27)24-9-11-25(33)12-10-24/h5-12,19,23,28H,1,13-18,20-22H2,2-4H3. The Kier molecular flexibility index (Phi) is 9.73. The van der Waals surface area contributed by atoms with Crippen LogP contribution in [0.5, 0.6) is 17.4 Å². The molecule has 2 aliphatic heterocycles. The summed E-state index contributed by atoms with van der Waals surface area (Å²) >= 11 is 6.06. The van der Waals surface area contributed by atoms with E-state index in [0.717, 1.165) is 60.9 Å². The molecule has 1 atom stereocenters. The first-order valence-electron chi connectivity index (χ1n) is 14.6. The number of fused-ring (bicyclic) bond motifs is 1. The van der Waals surface area contributed by atoms with Crippen LogP contribution in [0.15, 0.2) is 61.3 Å². The monoisotopic (exact) mass is 609 g/mol. The Labute approximate surface area is 254 Å². The fraction of sp³-hybridized carbons (Fsp3) is 0.438. The summed E-state index contributed by atoms with van der Waals surface area (Å²) in [7, 11) is -1.22. The lowest BCUT2D eigenvalue weighted by molar-refractivity contribution is -0.129. The predicted molar refractivity (Wildman–Crippen MR) is 166 cm³/mol. The number of aromatic nitrogens is 2. The van der Waals surface area contributed by atoms with Crippen LogP contribution in [0.2, 0.25) is 30.7 Å². The van der Waals surface area contributed by atoms with E-state index in [9.17, 15) is 4.79 Å². The van der Waals surface area contributed by atoms with Crippen LogP contribution in [0, 0.1) is 0 Å². The molecule has 0 bridgehead atoms. The third-order valence-corrected chi connectivity index (χ3v) is 9.74. The van der Waals surface area contributed by atoms with E-state index in [-0.39, 0.29) is 6.10 Å². The minimum Gasteiger partial charge on any atom is -0.485 e. The molecular formula is C32H40ClN3O5Si. The van der Waals surface area contributed by atoms with Crippen molar-refractivity contribution in [3.8, 4) is 17.4 Å². The Bertz CT molecular complexity index is 1380. The highest BCUT2D eigenvalue weighted by Crippen LogP contribution is 2.44. The van der Waals surface area contributed by atoms with Crippen molar-refractivity contribution < 1.29 is 23.7 Å². The van der Waals surface area contributed by atoms with Gasteiger partial charge in [0.1, 0.15) is 19.2 Å². The zero-order chi connectivity index (χ0) is 29.7. The smallest absolute Gasteiger partial charge is 0.336 e. The number of rotatable bonds is 11. The fourth-order valence-corrected chi connectivity index (χ4v) is 6.20. The number of piperidine rings is 1. The Morgan fingerprint density at radius 1 is 1.17 bits per heavy atom. The van der Waals surface area contributed by atoms with Crippen molar-refractivity contribution in [3.63, 3.8) is 0 Å². The third kappa shape index (κ3) is 7.63. The van der Waals surface area contributed by atoms with Gasteiger partial charge in [0.25, 0.3) is 0 Å². The van der Waals surface area contributed by atoms with Crippen LogP contribution < -0.4 is 14.2 Å². The van der Waals surface area contributed by atoms with Crippen molar-refractivity contribution in [2.45, 2.75) is 63.8 Å². The number of likely N-dealkylation sites (tertiary alicyclic amines) is 1. The summed E-state index contributed by atoms with van der Waals surface area (Å²) in [5.74, 6) is 2.71. The second kappa shape index (κ2) is 13.5. The maximum atomic E-state index is 11.9. The summed E-state index contributed by atoms with van der Waals surface area (Å²) in [5, 5.41) is 0.704. The zero-order valence-corrected chi connectivity index (χ0v) is 26.4. The van der Waals surface area contributed by atoms with E-state index >= 15 is 0 Å². The minimum absolute atomic E-state index is 0.161. The third-order valence-electron chi connectivity index (χ3n) is 7.78. The van der Waals surface area contributed by atoms with Crippen LogP contribution in [0.3, 0.4) is 0 Å². The fourth-order valence-electron chi connectivity index (χ4n) is 5.31. The number of carbonyl (C=O) groups is 1. The van der Waals surface area contributed by atoms with Crippen LogP contribution in [0.4, 0.5) is 0 Å². The summed E-state index contributed by atoms with van der Waals surface area (Å²) in [5.41, 5.74) is 2.25. The molecule has 0 saturated carbocycles. The summed E-state index contributed by atoms with van der Waals surface area (Å²) in [4.78, 5) is 18.9. The number of carbonyl (C=O) groups excluding carboxylic acids is 1. The minimum atomic E-state index is -1.22. The number of esters is 1. The van der Waals surface area contributed by atoms with E-state index in [1.807, 2.05) is 34.9 Å². The van der Waals surface area contributed by atoms with Gasteiger partial charge in [-0.3, -0.25) is 9.47 Å². The van der Waals surface area contributed by atoms with Crippen molar-refractivity contribution in [2.24, 2.45) is 0 Å². The average molecular weight is 610 g/mol. The zero-order valence-electron chi connectivity index (χ0n) is 24.7. The molecule has 0 aliphatic carbocycles. The highest BCUT2D eigenvalue weighted by molar-refractivity contribution is 6.76. The van der Waals surface area contributed by atoms with Gasteiger partial charge in [-0.2, -0.15) is 0 Å². The number of hydrogen-bond donors (Lipinski definition) is 0. The van der Waals surface area contributed by atoms with Gasteiger partial charge in [-0.05, 0) is 61.7 Å². The molecule has 0 N–H and O–H groups in total. The maximum Gasteiger partial charge on any atom is 0.336 e. The molecule has 0 spiro atoms. The molecule has 42 heavy (non-hydrogen) atoms. The number of para-hydroxylation sites is 1. The van der Waals surface area contributed by atoms with Gasteiger partial charge in [0.05, 0.1) is 12.7 Å². The Morgan fingerprint density at radius 3 is 2.64 bits per heavy atom. The van der Waals surface area contributed by atoms with Crippen molar-refractivity contribution >= 4 is 25.6 Å². The van der Waals surface area contributed by atoms with Crippen LogP contribution in [-0.4, -0.2) is 54.8 Å². The molecule has 1 unspecified atom stereocenters. The molecule has 10 heteroatoms. The SMILES string of the molecule is C=CC(=O)Oc1cnc(CN2CCC(c3cccc4c3OCC(c3ccc(Cl)cc3)O4)CC2)n1COCC[Si](C)(C)C. The number of nitrogens with zero attached hydrogens (tertiary/aromatic N) is 3. The molecule has 224 valence electrons. The van der Waals surface area contributed by atoms with Gasteiger partial charge in [0.2, 0.25) is 5.88 Å². The lowest BCUT2D eigenvalue weighted by Gasteiger charge is -2.34. The maximum absolute atomic E-state index is 11.9. The van der Waals surface area contributed by atoms with E-state index in [1.165, 1.54) is 5.56 Å². The van der Waals surface area contributed by atoms with Gasteiger partial charge in [0.15, 0.2) is 17.6 Å². The number of ether oxygens (including phenoxy) is 4. The lowest BCUT2D eigenvalue weighted by Crippen LogP contribution is -2.34. The molecule has 2 aliphatic rings. The highest BCUT2D eigenvalue weighted by atomic mass is 35.5. The van der Waals surface area contributed by atoms with E-state index in [4.69, 9.17) is 30.5 Å².